The van der Waals surface area contributed by atoms with Crippen LogP contribution in [0.3, 0.4) is 0 Å². The molecule has 3 heterocycles. The van der Waals surface area contributed by atoms with E-state index < -0.39 is 0 Å². The highest BCUT2D eigenvalue weighted by Gasteiger charge is 2.36. The van der Waals surface area contributed by atoms with Gasteiger partial charge in [0.05, 0.1) is 39.0 Å². The molecule has 0 spiro atoms. The van der Waals surface area contributed by atoms with Crippen LogP contribution in [-0.4, -0.2) is 87.1 Å². The summed E-state index contributed by atoms with van der Waals surface area (Å²) in [4.78, 5) is 16.9. The van der Waals surface area contributed by atoms with Crippen molar-refractivity contribution in [3.8, 4) is 0 Å². The summed E-state index contributed by atoms with van der Waals surface area (Å²) in [6.07, 6.45) is 2.93. The van der Waals surface area contributed by atoms with E-state index in [1.807, 2.05) is 4.90 Å². The highest BCUT2D eigenvalue weighted by atomic mass is 16.5. The molecule has 3 aliphatic rings. The van der Waals surface area contributed by atoms with E-state index in [1.54, 1.807) is 0 Å². The van der Waals surface area contributed by atoms with Crippen LogP contribution in [0.15, 0.2) is 0 Å². The maximum atomic E-state index is 12.4. The molecule has 0 aromatic carbocycles. The molecule has 3 saturated heterocycles. The molecular weight excluding hydrogens is 296 g/mol. The van der Waals surface area contributed by atoms with Crippen molar-refractivity contribution in [2.24, 2.45) is 5.92 Å². The molecule has 0 radical (unpaired) electrons. The van der Waals surface area contributed by atoms with E-state index >= 15 is 0 Å². The summed E-state index contributed by atoms with van der Waals surface area (Å²) < 4.78 is 16.6. The summed E-state index contributed by atoms with van der Waals surface area (Å²) in [5.74, 6) is 0.754. The van der Waals surface area contributed by atoms with Gasteiger partial charge in [-0.15, -0.1) is 0 Å². The van der Waals surface area contributed by atoms with Crippen LogP contribution in [0.25, 0.3) is 0 Å². The average molecular weight is 326 g/mol. The van der Waals surface area contributed by atoms with Crippen LogP contribution in [0.4, 0.5) is 0 Å². The van der Waals surface area contributed by atoms with Gasteiger partial charge in [-0.05, 0) is 18.8 Å². The largest absolute Gasteiger partial charge is 0.379 e. The number of hydrogen-bond donors (Lipinski definition) is 0. The van der Waals surface area contributed by atoms with Crippen molar-refractivity contribution in [2.75, 3.05) is 59.2 Å². The average Bonchev–Trinajstić information content (AvgIpc) is 3.22. The first-order valence-corrected chi connectivity index (χ1v) is 9.03. The third-order valence-electron chi connectivity index (χ3n) is 5.23. The number of likely N-dealkylation sites (tertiary alicyclic amines) is 1. The van der Waals surface area contributed by atoms with E-state index in [4.69, 9.17) is 14.2 Å². The first kappa shape index (κ1) is 17.1. The van der Waals surface area contributed by atoms with Crippen LogP contribution in [0, 0.1) is 5.92 Å². The normalized spacial score (nSPS) is 32.6. The van der Waals surface area contributed by atoms with Crippen molar-refractivity contribution < 1.29 is 19.0 Å². The lowest BCUT2D eigenvalue weighted by molar-refractivity contribution is -0.131. The molecule has 3 atom stereocenters. The second kappa shape index (κ2) is 8.42. The monoisotopic (exact) mass is 326 g/mol. The third kappa shape index (κ3) is 4.66. The molecule has 0 bridgehead atoms. The number of nitrogens with zero attached hydrogens (tertiary/aromatic N) is 2. The molecule has 3 unspecified atom stereocenters. The van der Waals surface area contributed by atoms with Crippen LogP contribution in [0.5, 0.6) is 0 Å². The van der Waals surface area contributed by atoms with Crippen LogP contribution >= 0.6 is 0 Å². The Morgan fingerprint density at radius 1 is 1.22 bits per heavy atom. The lowest BCUT2D eigenvalue weighted by atomic mass is 10.0. The topological polar surface area (TPSA) is 51.2 Å². The predicted molar refractivity (Wildman–Crippen MR) is 86.3 cm³/mol. The number of amides is 1. The molecule has 0 aromatic rings. The van der Waals surface area contributed by atoms with Gasteiger partial charge < -0.3 is 19.1 Å². The van der Waals surface area contributed by atoms with E-state index in [0.29, 0.717) is 31.6 Å². The van der Waals surface area contributed by atoms with Gasteiger partial charge in [-0.2, -0.15) is 0 Å². The zero-order valence-corrected chi connectivity index (χ0v) is 14.2. The number of carbonyl (C=O) groups excluding carboxylic acids is 1. The van der Waals surface area contributed by atoms with Gasteiger partial charge in [-0.1, -0.05) is 6.92 Å². The minimum Gasteiger partial charge on any atom is -0.379 e. The Bertz CT molecular complexity index is 381. The zero-order chi connectivity index (χ0) is 16.1. The third-order valence-corrected chi connectivity index (χ3v) is 5.23. The first-order valence-electron chi connectivity index (χ1n) is 9.03. The van der Waals surface area contributed by atoms with Crippen molar-refractivity contribution in [2.45, 2.75) is 38.3 Å². The fourth-order valence-electron chi connectivity index (χ4n) is 3.85. The van der Waals surface area contributed by atoms with Gasteiger partial charge in [-0.25, -0.2) is 0 Å². The predicted octanol–water partition coefficient (Wildman–Crippen LogP) is 0.751. The van der Waals surface area contributed by atoms with E-state index in [0.717, 1.165) is 58.8 Å². The minimum absolute atomic E-state index is 0.222. The van der Waals surface area contributed by atoms with E-state index in [1.165, 1.54) is 0 Å². The van der Waals surface area contributed by atoms with Gasteiger partial charge in [0.2, 0.25) is 5.91 Å². The van der Waals surface area contributed by atoms with Gasteiger partial charge in [0, 0.05) is 38.8 Å². The summed E-state index contributed by atoms with van der Waals surface area (Å²) in [7, 11) is 0. The highest BCUT2D eigenvalue weighted by molar-refractivity contribution is 5.76. The fraction of sp³-hybridized carbons (Fsp3) is 0.941. The molecule has 6 nitrogen and oxygen atoms in total. The molecule has 6 heteroatoms. The fourth-order valence-corrected chi connectivity index (χ4v) is 3.85. The van der Waals surface area contributed by atoms with Gasteiger partial charge in [0.1, 0.15) is 0 Å². The Morgan fingerprint density at radius 3 is 2.78 bits per heavy atom. The molecule has 1 amide bonds. The smallest absolute Gasteiger partial charge is 0.224 e. The molecule has 3 fully saturated rings. The summed E-state index contributed by atoms with van der Waals surface area (Å²) in [6, 6.07) is 0.482. The van der Waals surface area contributed by atoms with Crippen LogP contribution < -0.4 is 0 Å². The molecule has 0 aromatic heterocycles. The maximum absolute atomic E-state index is 12.4. The molecule has 0 saturated carbocycles. The van der Waals surface area contributed by atoms with Crippen LogP contribution in [0.2, 0.25) is 0 Å². The lowest BCUT2D eigenvalue weighted by Crippen LogP contribution is -2.47. The highest BCUT2D eigenvalue weighted by Crippen LogP contribution is 2.23. The lowest BCUT2D eigenvalue weighted by Gasteiger charge is -2.34. The number of hydrogen-bond acceptors (Lipinski definition) is 5. The molecular formula is C17H30N2O4. The van der Waals surface area contributed by atoms with Gasteiger partial charge in [0.25, 0.3) is 0 Å². The van der Waals surface area contributed by atoms with Crippen molar-refractivity contribution >= 4 is 5.91 Å². The summed E-state index contributed by atoms with van der Waals surface area (Å²) in [6.45, 7) is 9.55. The van der Waals surface area contributed by atoms with Crippen LogP contribution in [-0.2, 0) is 19.0 Å². The quantitative estimate of drug-likeness (QED) is 0.674. The molecule has 3 rings (SSSR count). The van der Waals surface area contributed by atoms with Gasteiger partial charge in [0.15, 0.2) is 0 Å². The summed E-state index contributed by atoms with van der Waals surface area (Å²) in [5.41, 5.74) is 0. The maximum Gasteiger partial charge on any atom is 0.224 e. The Balaban J connectivity index is 1.36. The minimum atomic E-state index is 0.222. The Morgan fingerprint density at radius 2 is 2.04 bits per heavy atom. The van der Waals surface area contributed by atoms with Crippen LogP contribution in [0.1, 0.15) is 26.2 Å². The SMILES string of the molecule is CC1CN(C(=O)CCOCC2CCCO2)CC1N1CCOCC1. The molecule has 0 aliphatic carbocycles. The molecule has 23 heavy (non-hydrogen) atoms. The molecule has 132 valence electrons. The van der Waals surface area contributed by atoms with Crippen molar-refractivity contribution in [1.29, 1.82) is 0 Å². The number of morpholine rings is 1. The number of carbonyl (C=O) groups is 1. The standard InChI is InChI=1S/C17H30N2O4/c1-14-11-19(12-16(14)18-5-9-21-10-6-18)17(20)4-8-22-13-15-3-2-7-23-15/h14-16H,2-13H2,1H3. The Kier molecular flexibility index (Phi) is 6.28. The van der Waals surface area contributed by atoms with E-state index in [-0.39, 0.29) is 12.0 Å². The summed E-state index contributed by atoms with van der Waals surface area (Å²) in [5, 5.41) is 0. The van der Waals surface area contributed by atoms with Crippen molar-refractivity contribution in [1.82, 2.24) is 9.80 Å². The Labute approximate surface area is 139 Å². The van der Waals surface area contributed by atoms with Crippen molar-refractivity contribution in [3.63, 3.8) is 0 Å². The molecule has 3 aliphatic heterocycles. The first-order chi connectivity index (χ1) is 11.2. The van der Waals surface area contributed by atoms with E-state index in [9.17, 15) is 4.79 Å². The van der Waals surface area contributed by atoms with E-state index in [2.05, 4.69) is 11.8 Å². The zero-order valence-electron chi connectivity index (χ0n) is 14.2. The van der Waals surface area contributed by atoms with Gasteiger partial charge >= 0.3 is 0 Å². The second-order valence-electron chi connectivity index (χ2n) is 6.95. The number of rotatable bonds is 6. The second-order valence-corrected chi connectivity index (χ2v) is 6.95. The van der Waals surface area contributed by atoms with Crippen molar-refractivity contribution in [3.05, 3.63) is 0 Å². The molecule has 0 N–H and O–H groups in total. The number of ether oxygens (including phenoxy) is 3. The van der Waals surface area contributed by atoms with Gasteiger partial charge in [-0.3, -0.25) is 9.69 Å². The summed E-state index contributed by atoms with van der Waals surface area (Å²) >= 11 is 0. The Hall–Kier alpha value is -0.690.